The number of pyridine rings is 2. The Labute approximate surface area is 188 Å². The topological polar surface area (TPSA) is 104 Å². The van der Waals surface area contributed by atoms with Gasteiger partial charge in [-0.05, 0) is 37.3 Å². The van der Waals surface area contributed by atoms with Gasteiger partial charge in [-0.2, -0.15) is 4.99 Å². The van der Waals surface area contributed by atoms with Crippen LogP contribution in [0.3, 0.4) is 0 Å². The Morgan fingerprint density at radius 2 is 1.85 bits per heavy atom. The van der Waals surface area contributed by atoms with Crippen molar-refractivity contribution in [2.45, 2.75) is 13.3 Å². The summed E-state index contributed by atoms with van der Waals surface area (Å²) in [5, 5.41) is 0.211. The summed E-state index contributed by atoms with van der Waals surface area (Å²) in [5.74, 6) is -0.520. The molecular formula is C24H22N4O5. The maximum Gasteiger partial charge on any atom is 0.341 e. The molecule has 0 unspecified atom stereocenters. The van der Waals surface area contributed by atoms with E-state index in [4.69, 9.17) is 9.47 Å². The second-order valence-corrected chi connectivity index (χ2v) is 7.16. The molecule has 0 fully saturated rings. The molecule has 0 N–H and O–H groups in total. The van der Waals surface area contributed by atoms with E-state index in [0.29, 0.717) is 17.0 Å². The van der Waals surface area contributed by atoms with Gasteiger partial charge in [-0.1, -0.05) is 24.3 Å². The molecule has 0 radical (unpaired) electrons. The van der Waals surface area contributed by atoms with Gasteiger partial charge < -0.3 is 14.0 Å². The van der Waals surface area contributed by atoms with Crippen LogP contribution in [0, 0.1) is 0 Å². The van der Waals surface area contributed by atoms with Crippen molar-refractivity contribution in [2.24, 2.45) is 12.0 Å². The number of amides is 1. The van der Waals surface area contributed by atoms with Gasteiger partial charge in [0.1, 0.15) is 22.6 Å². The first kappa shape index (κ1) is 21.9. The second-order valence-electron chi connectivity index (χ2n) is 7.16. The highest BCUT2D eigenvalue weighted by molar-refractivity contribution is 5.93. The third-order valence-electron chi connectivity index (χ3n) is 4.97. The first-order valence-corrected chi connectivity index (χ1v) is 10.4. The molecule has 9 heteroatoms. The Balaban J connectivity index is 1.79. The van der Waals surface area contributed by atoms with Crippen LogP contribution in [-0.4, -0.2) is 39.0 Å². The normalized spacial score (nSPS) is 11.6. The van der Waals surface area contributed by atoms with Crippen LogP contribution in [0.1, 0.15) is 23.7 Å². The lowest BCUT2D eigenvalue weighted by Crippen LogP contribution is -2.31. The Hall–Kier alpha value is -4.27. The molecular weight excluding hydrogens is 424 g/mol. The molecule has 3 aromatic heterocycles. The van der Waals surface area contributed by atoms with Gasteiger partial charge in [-0.3, -0.25) is 14.0 Å². The number of benzene rings is 1. The molecule has 0 saturated heterocycles. The first-order valence-electron chi connectivity index (χ1n) is 10.4. The van der Waals surface area contributed by atoms with Gasteiger partial charge in [0.2, 0.25) is 0 Å². The predicted molar refractivity (Wildman–Crippen MR) is 121 cm³/mol. The van der Waals surface area contributed by atoms with Crippen LogP contribution in [-0.2, 0) is 16.6 Å². The van der Waals surface area contributed by atoms with Crippen molar-refractivity contribution in [1.82, 2.24) is 14.0 Å². The first-order chi connectivity index (χ1) is 16.0. The molecule has 0 aliphatic carbocycles. The average molecular weight is 446 g/mol. The highest BCUT2D eigenvalue weighted by Gasteiger charge is 2.18. The summed E-state index contributed by atoms with van der Waals surface area (Å²) in [4.78, 5) is 47.0. The van der Waals surface area contributed by atoms with E-state index >= 15 is 0 Å². The Morgan fingerprint density at radius 3 is 2.61 bits per heavy atom. The fourth-order valence-electron chi connectivity index (χ4n) is 3.40. The Kier molecular flexibility index (Phi) is 6.30. The second kappa shape index (κ2) is 9.47. The van der Waals surface area contributed by atoms with E-state index in [1.54, 1.807) is 50.5 Å². The number of aryl methyl sites for hydroxylation is 1. The minimum absolute atomic E-state index is 0.00298. The smallest absolute Gasteiger partial charge is 0.341 e. The van der Waals surface area contributed by atoms with Gasteiger partial charge in [-0.15, -0.1) is 0 Å². The number of aromatic nitrogens is 3. The summed E-state index contributed by atoms with van der Waals surface area (Å²) in [5.41, 5.74) is 0.469. The highest BCUT2D eigenvalue weighted by atomic mass is 16.5. The molecule has 0 aliphatic rings. The number of carbonyl (C=O) groups is 2. The van der Waals surface area contributed by atoms with Crippen molar-refractivity contribution in [3.8, 4) is 5.75 Å². The van der Waals surface area contributed by atoms with Crippen molar-refractivity contribution in [1.29, 1.82) is 0 Å². The lowest BCUT2D eigenvalue weighted by molar-refractivity contribution is -0.118. The lowest BCUT2D eigenvalue weighted by Gasteiger charge is -2.11. The molecule has 0 saturated carbocycles. The number of nitrogens with zero attached hydrogens (tertiary/aromatic N) is 4. The third kappa shape index (κ3) is 4.52. The molecule has 4 rings (SSSR count). The number of ether oxygens (including phenoxy) is 2. The monoisotopic (exact) mass is 446 g/mol. The molecule has 0 bridgehead atoms. The van der Waals surface area contributed by atoms with Gasteiger partial charge in [0.25, 0.3) is 11.5 Å². The zero-order chi connectivity index (χ0) is 23.4. The number of rotatable bonds is 6. The fourth-order valence-corrected chi connectivity index (χ4v) is 3.40. The molecule has 9 nitrogen and oxygen atoms in total. The quantitative estimate of drug-likeness (QED) is 0.332. The summed E-state index contributed by atoms with van der Waals surface area (Å²) >= 11 is 0. The van der Waals surface area contributed by atoms with E-state index in [-0.39, 0.29) is 41.6 Å². The maximum absolute atomic E-state index is 13.0. The van der Waals surface area contributed by atoms with E-state index in [9.17, 15) is 14.4 Å². The van der Waals surface area contributed by atoms with Crippen LogP contribution in [0.4, 0.5) is 0 Å². The van der Waals surface area contributed by atoms with Crippen molar-refractivity contribution < 1.29 is 19.1 Å². The third-order valence-corrected chi connectivity index (χ3v) is 4.97. The van der Waals surface area contributed by atoms with Crippen LogP contribution in [0.5, 0.6) is 5.75 Å². The fraction of sp³-hybridized carbons (Fsp3) is 0.208. The van der Waals surface area contributed by atoms with E-state index in [1.807, 2.05) is 18.2 Å². The minimum atomic E-state index is -0.681. The van der Waals surface area contributed by atoms with Crippen LogP contribution >= 0.6 is 0 Å². The number of carbonyl (C=O) groups excluding carboxylic acids is 2. The molecule has 0 atom stereocenters. The minimum Gasteiger partial charge on any atom is -0.493 e. The van der Waals surface area contributed by atoms with Crippen molar-refractivity contribution >= 4 is 28.6 Å². The van der Waals surface area contributed by atoms with Gasteiger partial charge in [-0.25, -0.2) is 9.78 Å². The Morgan fingerprint density at radius 1 is 1.09 bits per heavy atom. The SMILES string of the molecule is CCOC(=O)c1cc2c(=O)n3ccccc3nc2n(C)c1=NC(=O)CCOc1ccccc1. The zero-order valence-electron chi connectivity index (χ0n) is 18.2. The van der Waals surface area contributed by atoms with Crippen LogP contribution in [0.15, 0.2) is 70.6 Å². The van der Waals surface area contributed by atoms with Gasteiger partial charge in [0, 0.05) is 13.2 Å². The van der Waals surface area contributed by atoms with Crippen molar-refractivity contribution in [2.75, 3.05) is 13.2 Å². The molecule has 1 aromatic carbocycles. The highest BCUT2D eigenvalue weighted by Crippen LogP contribution is 2.11. The van der Waals surface area contributed by atoms with Crippen LogP contribution in [0.25, 0.3) is 16.7 Å². The number of fused-ring (bicyclic) bond motifs is 2. The van der Waals surface area contributed by atoms with E-state index in [2.05, 4.69) is 9.98 Å². The number of esters is 1. The summed E-state index contributed by atoms with van der Waals surface area (Å²) in [7, 11) is 1.60. The van der Waals surface area contributed by atoms with Crippen LogP contribution < -0.4 is 15.8 Å². The molecule has 4 aromatic rings. The molecule has 0 aliphatic heterocycles. The van der Waals surface area contributed by atoms with Gasteiger partial charge >= 0.3 is 5.97 Å². The average Bonchev–Trinajstić information content (AvgIpc) is 2.82. The number of hydrogen-bond donors (Lipinski definition) is 0. The molecule has 1 amide bonds. The standard InChI is InChI=1S/C24H22N4O5/c1-3-32-24(31)18-15-17-21(25-19-11-7-8-13-28(19)23(17)30)27(2)22(18)26-20(29)12-14-33-16-9-5-4-6-10-16/h4-11,13,15H,3,12,14H2,1-2H3. The van der Waals surface area contributed by atoms with E-state index < -0.39 is 11.9 Å². The molecule has 0 spiro atoms. The summed E-state index contributed by atoms with van der Waals surface area (Å²) in [6.07, 6.45) is 1.60. The predicted octanol–water partition coefficient (Wildman–Crippen LogP) is 2.26. The van der Waals surface area contributed by atoms with Crippen LogP contribution in [0.2, 0.25) is 0 Å². The van der Waals surface area contributed by atoms with Crippen molar-refractivity contribution in [3.63, 3.8) is 0 Å². The summed E-state index contributed by atoms with van der Waals surface area (Å²) in [6.45, 7) is 1.93. The Bertz CT molecular complexity index is 1470. The molecule has 168 valence electrons. The zero-order valence-corrected chi connectivity index (χ0v) is 18.2. The van der Waals surface area contributed by atoms with E-state index in [1.165, 1.54) is 15.0 Å². The number of hydrogen-bond acceptors (Lipinski definition) is 6. The number of para-hydroxylation sites is 1. The summed E-state index contributed by atoms with van der Waals surface area (Å²) in [6, 6.07) is 15.7. The summed E-state index contributed by atoms with van der Waals surface area (Å²) < 4.78 is 13.6. The van der Waals surface area contributed by atoms with Gasteiger partial charge in [0.05, 0.1) is 25.0 Å². The van der Waals surface area contributed by atoms with Crippen molar-refractivity contribution in [3.05, 3.63) is 82.2 Å². The molecule has 33 heavy (non-hydrogen) atoms. The lowest BCUT2D eigenvalue weighted by atomic mass is 10.2. The van der Waals surface area contributed by atoms with E-state index in [0.717, 1.165) is 0 Å². The van der Waals surface area contributed by atoms with Gasteiger partial charge in [0.15, 0.2) is 5.49 Å². The maximum atomic E-state index is 13.0. The molecule has 3 heterocycles. The largest absolute Gasteiger partial charge is 0.493 e.